The van der Waals surface area contributed by atoms with Crippen LogP contribution in [0, 0.1) is 0 Å². The normalized spacial score (nSPS) is 15.1. The van der Waals surface area contributed by atoms with E-state index in [9.17, 15) is 9.90 Å². The highest BCUT2D eigenvalue weighted by atomic mass is 16.7. The molecule has 0 radical (unpaired) electrons. The van der Waals surface area contributed by atoms with Crippen LogP contribution < -0.4 is 14.8 Å². The van der Waals surface area contributed by atoms with Gasteiger partial charge in [-0.3, -0.25) is 4.79 Å². The van der Waals surface area contributed by atoms with Crippen LogP contribution in [0.25, 0.3) is 11.1 Å². The first-order valence-corrected chi connectivity index (χ1v) is 6.27. The molecule has 0 unspecified atom stereocenters. The van der Waals surface area contributed by atoms with Gasteiger partial charge in [0, 0.05) is 17.2 Å². The molecule has 0 atom stereocenters. The lowest BCUT2D eigenvalue weighted by atomic mass is 9.99. The van der Waals surface area contributed by atoms with Crippen molar-refractivity contribution >= 4 is 11.6 Å². The standard InChI is InChI=1S/C15H11NO4/c17-11-6-13-12(19-7-20-13)5-10(11)9-3-1-2-8-4-14(18)16-15(8)9/h1-3,5-6,17H,4,7H2,(H,16,18). The number of anilines is 1. The number of ether oxygens (including phenoxy) is 2. The van der Waals surface area contributed by atoms with Gasteiger partial charge in [0.25, 0.3) is 0 Å². The molecule has 2 aliphatic rings. The maximum absolute atomic E-state index is 11.5. The molecule has 0 bridgehead atoms. The third kappa shape index (κ3) is 1.53. The molecule has 2 aliphatic heterocycles. The Kier molecular flexibility index (Phi) is 2.18. The zero-order chi connectivity index (χ0) is 13.7. The van der Waals surface area contributed by atoms with Gasteiger partial charge in [-0.1, -0.05) is 18.2 Å². The number of carbonyl (C=O) groups is 1. The molecular formula is C15H11NO4. The van der Waals surface area contributed by atoms with Gasteiger partial charge >= 0.3 is 0 Å². The van der Waals surface area contributed by atoms with E-state index in [1.807, 2.05) is 18.2 Å². The first-order chi connectivity index (χ1) is 9.72. The highest BCUT2D eigenvalue weighted by Gasteiger charge is 2.24. The summed E-state index contributed by atoms with van der Waals surface area (Å²) in [6, 6.07) is 8.91. The summed E-state index contributed by atoms with van der Waals surface area (Å²) in [4.78, 5) is 11.5. The first-order valence-electron chi connectivity index (χ1n) is 6.27. The minimum Gasteiger partial charge on any atom is -0.507 e. The van der Waals surface area contributed by atoms with Crippen LogP contribution >= 0.6 is 0 Å². The Morgan fingerprint density at radius 2 is 1.90 bits per heavy atom. The second kappa shape index (κ2) is 3.90. The second-order valence-electron chi connectivity index (χ2n) is 4.79. The van der Waals surface area contributed by atoms with Gasteiger partial charge in [0.15, 0.2) is 11.5 Å². The Balaban J connectivity index is 1.91. The summed E-state index contributed by atoms with van der Waals surface area (Å²) >= 11 is 0. The van der Waals surface area contributed by atoms with Crippen LogP contribution in [-0.4, -0.2) is 17.8 Å². The minimum atomic E-state index is -0.0346. The van der Waals surface area contributed by atoms with E-state index in [0.717, 1.165) is 16.8 Å². The van der Waals surface area contributed by atoms with E-state index >= 15 is 0 Å². The maximum Gasteiger partial charge on any atom is 0.231 e. The SMILES string of the molecule is O=C1Cc2cccc(-c3cc4c(cc3O)OCO4)c2N1. The average molecular weight is 269 g/mol. The maximum atomic E-state index is 11.5. The van der Waals surface area contributed by atoms with E-state index in [1.54, 1.807) is 6.07 Å². The molecule has 5 nitrogen and oxygen atoms in total. The van der Waals surface area contributed by atoms with Gasteiger partial charge < -0.3 is 19.9 Å². The van der Waals surface area contributed by atoms with Gasteiger partial charge in [0.2, 0.25) is 12.7 Å². The Hall–Kier alpha value is -2.69. The fourth-order valence-corrected chi connectivity index (χ4v) is 2.62. The number of carbonyl (C=O) groups excluding carboxylic acids is 1. The number of nitrogens with one attached hydrogen (secondary N) is 1. The number of rotatable bonds is 1. The number of phenolic OH excluding ortho intramolecular Hbond substituents is 1. The number of aromatic hydroxyl groups is 1. The van der Waals surface area contributed by atoms with E-state index in [1.165, 1.54) is 6.07 Å². The number of amides is 1. The predicted octanol–water partition coefficient (Wildman–Crippen LogP) is 2.28. The molecule has 0 aliphatic carbocycles. The summed E-state index contributed by atoms with van der Waals surface area (Å²) < 4.78 is 10.6. The van der Waals surface area contributed by atoms with Crippen molar-refractivity contribution in [3.05, 3.63) is 35.9 Å². The topological polar surface area (TPSA) is 67.8 Å². The van der Waals surface area contributed by atoms with Gasteiger partial charge in [0.05, 0.1) is 12.1 Å². The molecule has 2 aromatic carbocycles. The summed E-state index contributed by atoms with van der Waals surface area (Å²) in [5.74, 6) is 1.19. The number of benzene rings is 2. The van der Waals surface area contributed by atoms with Crippen molar-refractivity contribution in [2.24, 2.45) is 0 Å². The number of hydrogen-bond donors (Lipinski definition) is 2. The Labute approximate surface area is 114 Å². The van der Waals surface area contributed by atoms with Crippen molar-refractivity contribution in [2.45, 2.75) is 6.42 Å². The van der Waals surface area contributed by atoms with Crippen molar-refractivity contribution in [3.8, 4) is 28.4 Å². The molecule has 0 aromatic heterocycles. The van der Waals surface area contributed by atoms with Crippen LogP contribution in [0.2, 0.25) is 0 Å². The smallest absolute Gasteiger partial charge is 0.231 e. The van der Waals surface area contributed by atoms with Gasteiger partial charge in [-0.15, -0.1) is 0 Å². The summed E-state index contributed by atoms with van der Waals surface area (Å²) in [6.07, 6.45) is 0.370. The second-order valence-corrected chi connectivity index (χ2v) is 4.79. The summed E-state index contributed by atoms with van der Waals surface area (Å²) in [7, 11) is 0. The fraction of sp³-hybridized carbons (Fsp3) is 0.133. The van der Waals surface area contributed by atoms with E-state index in [2.05, 4.69) is 5.32 Å². The summed E-state index contributed by atoms with van der Waals surface area (Å²) in [5.41, 5.74) is 3.09. The monoisotopic (exact) mass is 269 g/mol. The van der Waals surface area contributed by atoms with Gasteiger partial charge in [-0.2, -0.15) is 0 Å². The Morgan fingerprint density at radius 3 is 2.75 bits per heavy atom. The molecule has 5 heteroatoms. The molecule has 0 saturated heterocycles. The Bertz CT molecular complexity index is 739. The van der Waals surface area contributed by atoms with Crippen LogP contribution in [0.4, 0.5) is 5.69 Å². The molecular weight excluding hydrogens is 258 g/mol. The molecule has 1 amide bonds. The van der Waals surface area contributed by atoms with E-state index < -0.39 is 0 Å². The third-order valence-electron chi connectivity index (χ3n) is 3.55. The van der Waals surface area contributed by atoms with E-state index in [4.69, 9.17) is 9.47 Å². The van der Waals surface area contributed by atoms with Gasteiger partial charge in [-0.05, 0) is 11.6 Å². The van der Waals surface area contributed by atoms with Crippen molar-refractivity contribution < 1.29 is 19.4 Å². The average Bonchev–Trinajstić information content (AvgIpc) is 3.01. The first kappa shape index (κ1) is 11.2. The number of fused-ring (bicyclic) bond motifs is 2. The van der Waals surface area contributed by atoms with Crippen molar-refractivity contribution in [3.63, 3.8) is 0 Å². The van der Waals surface area contributed by atoms with Crippen LogP contribution in [0.1, 0.15) is 5.56 Å². The zero-order valence-corrected chi connectivity index (χ0v) is 10.5. The number of hydrogen-bond acceptors (Lipinski definition) is 4. The molecule has 20 heavy (non-hydrogen) atoms. The molecule has 0 saturated carbocycles. The van der Waals surface area contributed by atoms with Crippen LogP contribution in [-0.2, 0) is 11.2 Å². The third-order valence-corrected chi connectivity index (χ3v) is 3.55. The molecule has 4 rings (SSSR count). The van der Waals surface area contributed by atoms with Gasteiger partial charge in [-0.25, -0.2) is 0 Å². The molecule has 2 aromatic rings. The number of phenols is 1. The van der Waals surface area contributed by atoms with Crippen LogP contribution in [0.15, 0.2) is 30.3 Å². The predicted molar refractivity (Wildman–Crippen MR) is 72.0 cm³/mol. The van der Waals surface area contributed by atoms with E-state index in [-0.39, 0.29) is 18.4 Å². The van der Waals surface area contributed by atoms with E-state index in [0.29, 0.717) is 23.5 Å². The largest absolute Gasteiger partial charge is 0.507 e. The molecule has 2 N–H and O–H groups in total. The fourth-order valence-electron chi connectivity index (χ4n) is 2.62. The summed E-state index contributed by atoms with van der Waals surface area (Å²) in [5, 5.41) is 13.0. The van der Waals surface area contributed by atoms with Crippen LogP contribution in [0.3, 0.4) is 0 Å². The van der Waals surface area contributed by atoms with Crippen molar-refractivity contribution in [1.82, 2.24) is 0 Å². The molecule has 0 spiro atoms. The lowest BCUT2D eigenvalue weighted by Gasteiger charge is -2.11. The van der Waals surface area contributed by atoms with Gasteiger partial charge in [0.1, 0.15) is 5.75 Å². The van der Waals surface area contributed by atoms with Crippen molar-refractivity contribution in [1.29, 1.82) is 0 Å². The summed E-state index contributed by atoms with van der Waals surface area (Å²) in [6.45, 7) is 0.155. The van der Waals surface area contributed by atoms with Crippen LogP contribution in [0.5, 0.6) is 17.2 Å². The molecule has 100 valence electrons. The molecule has 2 heterocycles. The molecule has 0 fully saturated rings. The zero-order valence-electron chi connectivity index (χ0n) is 10.5. The quantitative estimate of drug-likeness (QED) is 0.833. The lowest BCUT2D eigenvalue weighted by Crippen LogP contribution is -2.04. The highest BCUT2D eigenvalue weighted by Crippen LogP contribution is 2.45. The van der Waals surface area contributed by atoms with Crippen molar-refractivity contribution in [2.75, 3.05) is 12.1 Å². The highest BCUT2D eigenvalue weighted by molar-refractivity contribution is 6.04. The Morgan fingerprint density at radius 1 is 1.10 bits per heavy atom. The number of para-hydroxylation sites is 1. The lowest BCUT2D eigenvalue weighted by molar-refractivity contribution is -0.115. The minimum absolute atomic E-state index is 0.0346.